The SMILES string of the molecule is CC1(C)C2CNCC3C4CC(c5ccc6sc7ccccc7c6c5)CC5C4N(C32)C2C1CNCC2C5(C)C. The summed E-state index contributed by atoms with van der Waals surface area (Å²) in [5.74, 6) is 5.44. The van der Waals surface area contributed by atoms with Crippen molar-refractivity contribution in [3.63, 3.8) is 0 Å². The van der Waals surface area contributed by atoms with Crippen molar-refractivity contribution in [2.45, 2.75) is 64.6 Å². The second kappa shape index (κ2) is 7.63. The predicted octanol–water partition coefficient (Wildman–Crippen LogP) is 6.34. The minimum absolute atomic E-state index is 0.372. The summed E-state index contributed by atoms with van der Waals surface area (Å²) in [7, 11) is 0. The lowest BCUT2D eigenvalue weighted by Crippen LogP contribution is -2.77. The van der Waals surface area contributed by atoms with Crippen molar-refractivity contribution in [3.05, 3.63) is 48.0 Å². The molecule has 6 fully saturated rings. The number of hydrogen-bond donors (Lipinski definition) is 2. The van der Waals surface area contributed by atoms with Crippen LogP contribution in [0.15, 0.2) is 42.5 Å². The van der Waals surface area contributed by atoms with Crippen molar-refractivity contribution in [2.75, 3.05) is 26.2 Å². The van der Waals surface area contributed by atoms with Gasteiger partial charge in [0.25, 0.3) is 0 Å². The molecule has 6 heterocycles. The fourth-order valence-electron chi connectivity index (χ4n) is 11.5. The molecule has 1 aromatic heterocycles. The number of hydrogen-bond acceptors (Lipinski definition) is 4. The zero-order valence-corrected chi connectivity index (χ0v) is 24.2. The maximum atomic E-state index is 3.99. The van der Waals surface area contributed by atoms with E-state index in [0.717, 1.165) is 53.6 Å². The van der Waals surface area contributed by atoms with Crippen LogP contribution in [-0.4, -0.2) is 49.2 Å². The van der Waals surface area contributed by atoms with Gasteiger partial charge >= 0.3 is 0 Å². The third-order valence-electron chi connectivity index (χ3n) is 13.4. The fraction of sp³-hybridized carbons (Fsp3) is 0.647. The van der Waals surface area contributed by atoms with Crippen molar-refractivity contribution < 1.29 is 0 Å². The van der Waals surface area contributed by atoms with Crippen LogP contribution in [0.2, 0.25) is 0 Å². The Morgan fingerprint density at radius 2 is 1.34 bits per heavy atom. The van der Waals surface area contributed by atoms with Crippen LogP contribution in [-0.2, 0) is 0 Å². The minimum Gasteiger partial charge on any atom is -0.316 e. The summed E-state index contributed by atoms with van der Waals surface area (Å²) in [5.41, 5.74) is 2.38. The average Bonchev–Trinajstić information content (AvgIpc) is 3.46. The van der Waals surface area contributed by atoms with Gasteiger partial charge in [0.15, 0.2) is 0 Å². The highest BCUT2D eigenvalue weighted by Crippen LogP contribution is 2.68. The Kier molecular flexibility index (Phi) is 4.67. The van der Waals surface area contributed by atoms with Crippen LogP contribution in [0.3, 0.4) is 0 Å². The number of nitrogens with zero attached hydrogens (tertiary/aromatic N) is 1. The second-order valence-electron chi connectivity index (χ2n) is 15.2. The summed E-state index contributed by atoms with van der Waals surface area (Å²) in [6.07, 6.45) is 2.75. The Morgan fingerprint density at radius 1 is 0.684 bits per heavy atom. The summed E-state index contributed by atoms with van der Waals surface area (Å²) in [6, 6.07) is 18.9. The quantitative estimate of drug-likeness (QED) is 0.388. The molecule has 0 spiro atoms. The molecule has 1 aliphatic carbocycles. The zero-order chi connectivity index (χ0) is 25.6. The van der Waals surface area contributed by atoms with Crippen LogP contribution < -0.4 is 10.6 Å². The third-order valence-corrected chi connectivity index (χ3v) is 14.5. The third kappa shape index (κ3) is 2.77. The maximum Gasteiger partial charge on any atom is 0.0355 e. The highest BCUT2D eigenvalue weighted by Gasteiger charge is 2.71. The number of fused-ring (bicyclic) bond motifs is 4. The van der Waals surface area contributed by atoms with Gasteiger partial charge in [-0.2, -0.15) is 0 Å². The van der Waals surface area contributed by atoms with Gasteiger partial charge in [-0.15, -0.1) is 11.3 Å². The van der Waals surface area contributed by atoms with Crippen LogP contribution in [0, 0.1) is 46.3 Å². The van der Waals surface area contributed by atoms with Crippen LogP contribution in [0.1, 0.15) is 52.0 Å². The molecule has 0 amide bonds. The first kappa shape index (κ1) is 23.3. The molecular formula is C34H43N3S. The lowest BCUT2D eigenvalue weighted by Gasteiger charge is -2.69. The van der Waals surface area contributed by atoms with Crippen LogP contribution in [0.25, 0.3) is 20.2 Å². The molecule has 3 aromatic rings. The molecule has 3 nitrogen and oxygen atoms in total. The Hall–Kier alpha value is -1.46. The van der Waals surface area contributed by atoms with E-state index in [1.54, 1.807) is 5.56 Å². The molecule has 1 saturated carbocycles. The number of nitrogens with one attached hydrogen (secondary N) is 2. The Labute approximate surface area is 231 Å². The summed E-state index contributed by atoms with van der Waals surface area (Å²) in [6.45, 7) is 15.5. The molecule has 38 heavy (non-hydrogen) atoms. The molecule has 200 valence electrons. The van der Waals surface area contributed by atoms with Crippen molar-refractivity contribution >= 4 is 31.5 Å². The standard InChI is InChI=1S/C34H43N3S/c1-33(2)24-13-19(18-9-10-29-21(11-18)20-7-5-6-8-28(20)38-29)12-22-23-14-35-15-25-31(23)37(30(22)24)32-26(33)16-36-17-27(32)34(25,3)4/h5-11,19,22-27,30-32,35-36H,12-17H2,1-4H3. The molecule has 10 atom stereocenters. The van der Waals surface area contributed by atoms with Gasteiger partial charge in [-0.3, -0.25) is 4.90 Å². The lowest BCUT2D eigenvalue weighted by atomic mass is 9.49. The van der Waals surface area contributed by atoms with Gasteiger partial charge in [-0.1, -0.05) is 52.0 Å². The summed E-state index contributed by atoms with van der Waals surface area (Å²) < 4.78 is 2.88. The minimum atomic E-state index is 0.372. The number of rotatable bonds is 1. The van der Waals surface area contributed by atoms with E-state index in [4.69, 9.17) is 0 Å². The van der Waals surface area contributed by atoms with Gasteiger partial charge in [-0.05, 0) is 115 Å². The van der Waals surface area contributed by atoms with Gasteiger partial charge < -0.3 is 10.6 Å². The second-order valence-corrected chi connectivity index (χ2v) is 16.2. The molecule has 4 heteroatoms. The van der Waals surface area contributed by atoms with E-state index in [-0.39, 0.29) is 0 Å². The van der Waals surface area contributed by atoms with Gasteiger partial charge in [0.05, 0.1) is 0 Å². The van der Waals surface area contributed by atoms with Crippen molar-refractivity contribution in [3.8, 4) is 0 Å². The van der Waals surface area contributed by atoms with E-state index in [1.165, 1.54) is 59.2 Å². The van der Waals surface area contributed by atoms with Crippen molar-refractivity contribution in [1.82, 2.24) is 15.5 Å². The average molecular weight is 526 g/mol. The first-order chi connectivity index (χ1) is 18.4. The maximum absolute atomic E-state index is 3.99. The predicted molar refractivity (Wildman–Crippen MR) is 159 cm³/mol. The lowest BCUT2D eigenvalue weighted by molar-refractivity contribution is -0.198. The Morgan fingerprint density at radius 3 is 2.16 bits per heavy atom. The van der Waals surface area contributed by atoms with E-state index in [1.807, 2.05) is 11.3 Å². The van der Waals surface area contributed by atoms with E-state index in [0.29, 0.717) is 16.7 Å². The summed E-state index contributed by atoms with van der Waals surface area (Å²) in [5, 5.41) is 10.9. The smallest absolute Gasteiger partial charge is 0.0355 e. The fourth-order valence-corrected chi connectivity index (χ4v) is 12.6. The molecule has 0 bridgehead atoms. The molecule has 5 aliphatic heterocycles. The molecule has 6 aliphatic rings. The van der Waals surface area contributed by atoms with Crippen molar-refractivity contribution in [2.24, 2.45) is 46.3 Å². The number of piperidine rings is 4. The van der Waals surface area contributed by atoms with E-state index < -0.39 is 0 Å². The monoisotopic (exact) mass is 525 g/mol. The Bertz CT molecular complexity index is 1440. The van der Waals surface area contributed by atoms with Crippen LogP contribution in [0.5, 0.6) is 0 Å². The molecule has 2 aromatic carbocycles. The zero-order valence-electron chi connectivity index (χ0n) is 23.4. The molecule has 0 radical (unpaired) electrons. The topological polar surface area (TPSA) is 27.3 Å². The van der Waals surface area contributed by atoms with Crippen LogP contribution in [0.4, 0.5) is 0 Å². The summed E-state index contributed by atoms with van der Waals surface area (Å²) in [4.78, 5) is 3.24. The molecule has 10 unspecified atom stereocenters. The normalized spacial score (nSPS) is 44.3. The highest BCUT2D eigenvalue weighted by atomic mass is 32.1. The van der Waals surface area contributed by atoms with Crippen LogP contribution >= 0.6 is 11.3 Å². The molecular weight excluding hydrogens is 482 g/mol. The van der Waals surface area contributed by atoms with Gasteiger partial charge in [-0.25, -0.2) is 0 Å². The molecule has 9 rings (SSSR count). The largest absolute Gasteiger partial charge is 0.316 e. The molecule has 5 saturated heterocycles. The van der Waals surface area contributed by atoms with Gasteiger partial charge in [0.2, 0.25) is 0 Å². The number of benzene rings is 2. The first-order valence-corrected chi connectivity index (χ1v) is 16.3. The van der Waals surface area contributed by atoms with Gasteiger partial charge in [0.1, 0.15) is 0 Å². The van der Waals surface area contributed by atoms with Gasteiger partial charge in [0, 0.05) is 38.3 Å². The summed E-state index contributed by atoms with van der Waals surface area (Å²) >= 11 is 1.96. The van der Waals surface area contributed by atoms with E-state index in [9.17, 15) is 0 Å². The Balaban J connectivity index is 1.18. The van der Waals surface area contributed by atoms with E-state index in [2.05, 4.69) is 85.7 Å². The highest BCUT2D eigenvalue weighted by molar-refractivity contribution is 7.25. The van der Waals surface area contributed by atoms with E-state index >= 15 is 0 Å². The number of thiophene rings is 1. The molecule has 2 N–H and O–H groups in total. The van der Waals surface area contributed by atoms with Crippen molar-refractivity contribution in [1.29, 1.82) is 0 Å². The first-order valence-electron chi connectivity index (χ1n) is 15.5.